The first-order valence-corrected chi connectivity index (χ1v) is 8.44. The van der Waals surface area contributed by atoms with Crippen LogP contribution in [0.25, 0.3) is 0 Å². The molecule has 0 saturated carbocycles. The van der Waals surface area contributed by atoms with Crippen LogP contribution in [-0.4, -0.2) is 41.8 Å². The fraction of sp³-hybridized carbons (Fsp3) is 0.562. The summed E-state index contributed by atoms with van der Waals surface area (Å²) in [6, 6.07) is 10.3. The molecule has 2 atom stereocenters. The van der Waals surface area contributed by atoms with Crippen molar-refractivity contribution in [2.75, 3.05) is 25.1 Å². The van der Waals surface area contributed by atoms with Gasteiger partial charge in [-0.2, -0.15) is 11.8 Å². The number of ketones is 1. The van der Waals surface area contributed by atoms with Crippen molar-refractivity contribution < 1.29 is 4.79 Å². The third-order valence-electron chi connectivity index (χ3n) is 3.91. The maximum Gasteiger partial charge on any atom is 0.167 e. The summed E-state index contributed by atoms with van der Waals surface area (Å²) in [5.74, 6) is 1.65. The highest BCUT2D eigenvalue weighted by Gasteiger charge is 2.28. The summed E-state index contributed by atoms with van der Waals surface area (Å²) in [6.45, 7) is 4.33. The van der Waals surface area contributed by atoms with Crippen molar-refractivity contribution in [1.82, 2.24) is 4.90 Å². The van der Waals surface area contributed by atoms with Crippen LogP contribution in [0.1, 0.15) is 30.1 Å². The Morgan fingerprint density at radius 2 is 2.16 bits per heavy atom. The van der Waals surface area contributed by atoms with Gasteiger partial charge in [0.05, 0.1) is 0 Å². The lowest BCUT2D eigenvalue weighted by Crippen LogP contribution is -2.44. The van der Waals surface area contributed by atoms with Gasteiger partial charge in [-0.1, -0.05) is 30.3 Å². The summed E-state index contributed by atoms with van der Waals surface area (Å²) in [6.07, 6.45) is 4.32. The predicted octanol–water partition coefficient (Wildman–Crippen LogP) is 3.33. The van der Waals surface area contributed by atoms with Crippen molar-refractivity contribution in [2.24, 2.45) is 5.92 Å². The second-order valence-electron chi connectivity index (χ2n) is 5.37. The van der Waals surface area contributed by atoms with Crippen molar-refractivity contribution in [2.45, 2.75) is 25.8 Å². The zero-order valence-corrected chi connectivity index (χ0v) is 12.7. The second-order valence-corrected chi connectivity index (χ2v) is 6.28. The Labute approximate surface area is 120 Å². The second kappa shape index (κ2) is 7.11. The van der Waals surface area contributed by atoms with Gasteiger partial charge >= 0.3 is 0 Å². The number of Topliss-reactive ketones (excluding diaryl/α,β-unsaturated/α-hetero) is 1. The van der Waals surface area contributed by atoms with Gasteiger partial charge in [-0.05, 0) is 32.6 Å². The Morgan fingerprint density at radius 1 is 1.42 bits per heavy atom. The summed E-state index contributed by atoms with van der Waals surface area (Å²) in [5, 5.41) is 0. The molecule has 1 aromatic rings. The molecule has 2 rings (SSSR count). The van der Waals surface area contributed by atoms with Crippen molar-refractivity contribution in [3.63, 3.8) is 0 Å². The molecule has 0 N–H and O–H groups in total. The van der Waals surface area contributed by atoms with E-state index in [1.807, 2.05) is 42.1 Å². The summed E-state index contributed by atoms with van der Waals surface area (Å²) in [5.41, 5.74) is 0.867. The third-order valence-corrected chi connectivity index (χ3v) is 4.73. The number of thioether (sulfide) groups is 1. The van der Waals surface area contributed by atoms with E-state index in [4.69, 9.17) is 0 Å². The average molecular weight is 277 g/mol. The molecular formula is C16H23NOS. The minimum Gasteiger partial charge on any atom is -0.299 e. The maximum atomic E-state index is 12.5. The van der Waals surface area contributed by atoms with E-state index >= 15 is 0 Å². The molecule has 1 heterocycles. The topological polar surface area (TPSA) is 20.3 Å². The number of likely N-dealkylation sites (tertiary alicyclic amines) is 1. The highest BCUT2D eigenvalue weighted by molar-refractivity contribution is 7.98. The number of nitrogens with zero attached hydrogens (tertiary/aromatic N) is 1. The standard InChI is InChI=1S/C16H23NOS/c1-13(12-19-2)17-10-6-9-15(11-17)16(18)14-7-4-3-5-8-14/h3-5,7-8,13,15H,6,9-12H2,1-2H3/t13-,15-/m1/s1. The number of carbonyl (C=O) groups excluding carboxylic acids is 1. The van der Waals surface area contributed by atoms with Crippen LogP contribution in [0.15, 0.2) is 30.3 Å². The predicted molar refractivity (Wildman–Crippen MR) is 82.9 cm³/mol. The van der Waals surface area contributed by atoms with Gasteiger partial charge < -0.3 is 0 Å². The number of benzene rings is 1. The van der Waals surface area contributed by atoms with Crippen LogP contribution < -0.4 is 0 Å². The molecule has 0 aliphatic carbocycles. The van der Waals surface area contributed by atoms with E-state index in [2.05, 4.69) is 18.1 Å². The Kier molecular flexibility index (Phi) is 5.46. The van der Waals surface area contributed by atoms with Gasteiger partial charge in [-0.15, -0.1) is 0 Å². The van der Waals surface area contributed by atoms with Gasteiger partial charge in [0.1, 0.15) is 0 Å². The van der Waals surface area contributed by atoms with Gasteiger partial charge in [-0.3, -0.25) is 9.69 Å². The molecule has 0 bridgehead atoms. The van der Waals surface area contributed by atoms with Crippen LogP contribution in [0.5, 0.6) is 0 Å². The van der Waals surface area contributed by atoms with E-state index in [0.717, 1.165) is 37.2 Å². The van der Waals surface area contributed by atoms with Crippen LogP contribution in [0.4, 0.5) is 0 Å². The van der Waals surface area contributed by atoms with E-state index < -0.39 is 0 Å². The van der Waals surface area contributed by atoms with E-state index in [1.165, 1.54) is 0 Å². The molecule has 1 aromatic carbocycles. The number of hydrogen-bond donors (Lipinski definition) is 0. The highest BCUT2D eigenvalue weighted by Crippen LogP contribution is 2.23. The lowest BCUT2D eigenvalue weighted by atomic mass is 9.89. The third kappa shape index (κ3) is 3.83. The molecule has 1 saturated heterocycles. The van der Waals surface area contributed by atoms with Crippen LogP contribution in [0.2, 0.25) is 0 Å². The van der Waals surface area contributed by atoms with Crippen molar-refractivity contribution >= 4 is 17.5 Å². The molecule has 1 aliphatic rings. The summed E-state index contributed by atoms with van der Waals surface area (Å²) in [7, 11) is 0. The first-order valence-electron chi connectivity index (χ1n) is 7.04. The van der Waals surface area contributed by atoms with E-state index in [9.17, 15) is 4.79 Å². The minimum atomic E-state index is 0.181. The lowest BCUT2D eigenvalue weighted by Gasteiger charge is -2.36. The maximum absolute atomic E-state index is 12.5. The summed E-state index contributed by atoms with van der Waals surface area (Å²) in [4.78, 5) is 15.0. The largest absolute Gasteiger partial charge is 0.299 e. The molecule has 3 heteroatoms. The molecule has 1 fully saturated rings. The van der Waals surface area contributed by atoms with Crippen LogP contribution in [0, 0.1) is 5.92 Å². The van der Waals surface area contributed by atoms with Gasteiger partial charge in [0.15, 0.2) is 5.78 Å². The molecule has 1 aliphatic heterocycles. The van der Waals surface area contributed by atoms with Crippen LogP contribution >= 0.6 is 11.8 Å². The van der Waals surface area contributed by atoms with Crippen molar-refractivity contribution in [3.05, 3.63) is 35.9 Å². The highest BCUT2D eigenvalue weighted by atomic mass is 32.2. The molecule has 0 aromatic heterocycles. The van der Waals surface area contributed by atoms with Crippen molar-refractivity contribution in [3.8, 4) is 0 Å². The number of rotatable bonds is 5. The van der Waals surface area contributed by atoms with Gasteiger partial charge in [0.2, 0.25) is 0 Å². The van der Waals surface area contributed by atoms with E-state index in [-0.39, 0.29) is 5.92 Å². The molecule has 0 radical (unpaired) electrons. The molecular weight excluding hydrogens is 254 g/mol. The van der Waals surface area contributed by atoms with E-state index in [1.54, 1.807) is 0 Å². The van der Waals surface area contributed by atoms with Crippen LogP contribution in [0.3, 0.4) is 0 Å². The lowest BCUT2D eigenvalue weighted by molar-refractivity contribution is 0.0784. The van der Waals surface area contributed by atoms with Crippen LogP contribution in [-0.2, 0) is 0 Å². The smallest absolute Gasteiger partial charge is 0.167 e. The van der Waals surface area contributed by atoms with Crippen molar-refractivity contribution in [1.29, 1.82) is 0 Å². The quantitative estimate of drug-likeness (QED) is 0.770. The Morgan fingerprint density at radius 3 is 2.84 bits per heavy atom. The fourth-order valence-corrected chi connectivity index (χ4v) is 3.50. The molecule has 104 valence electrons. The van der Waals surface area contributed by atoms with Gasteiger partial charge in [0.25, 0.3) is 0 Å². The Balaban J connectivity index is 1.99. The normalized spacial score (nSPS) is 22.1. The van der Waals surface area contributed by atoms with Gasteiger partial charge in [0, 0.05) is 29.8 Å². The molecule has 0 unspecified atom stereocenters. The fourth-order valence-electron chi connectivity index (χ4n) is 2.81. The minimum absolute atomic E-state index is 0.181. The SMILES string of the molecule is CSC[C@@H](C)N1CCC[C@@H](C(=O)c2ccccc2)C1. The number of piperidine rings is 1. The molecule has 0 amide bonds. The number of carbonyl (C=O) groups is 1. The summed E-state index contributed by atoms with van der Waals surface area (Å²) >= 11 is 1.88. The molecule has 19 heavy (non-hydrogen) atoms. The Hall–Kier alpha value is -0.800. The first kappa shape index (κ1) is 14.6. The summed E-state index contributed by atoms with van der Waals surface area (Å²) < 4.78 is 0. The Bertz CT molecular complexity index is 406. The van der Waals surface area contributed by atoms with Gasteiger partial charge in [-0.25, -0.2) is 0 Å². The first-order chi connectivity index (χ1) is 9.22. The van der Waals surface area contributed by atoms with E-state index in [0.29, 0.717) is 11.8 Å². The zero-order valence-electron chi connectivity index (χ0n) is 11.8. The molecule has 0 spiro atoms. The molecule has 2 nitrogen and oxygen atoms in total. The zero-order chi connectivity index (χ0) is 13.7. The average Bonchev–Trinajstić information content (AvgIpc) is 2.48. The monoisotopic (exact) mass is 277 g/mol. The number of hydrogen-bond acceptors (Lipinski definition) is 3.